The van der Waals surface area contributed by atoms with Gasteiger partial charge in [0.2, 0.25) is 0 Å². The van der Waals surface area contributed by atoms with Gasteiger partial charge in [-0.25, -0.2) is 0 Å². The molecule has 1 aliphatic carbocycles. The van der Waals surface area contributed by atoms with Crippen LogP contribution in [0.3, 0.4) is 0 Å². The molecule has 8 aromatic carbocycles. The fraction of sp³-hybridized carbons (Fsp3) is 0.0213. The second-order valence-electron chi connectivity index (χ2n) is 13.5. The second kappa shape index (κ2) is 12.5. The first-order valence-corrected chi connectivity index (χ1v) is 17.5. The Bertz CT molecular complexity index is 2550. The molecule has 8 aromatic rings. The van der Waals surface area contributed by atoms with Gasteiger partial charge in [0, 0.05) is 44.6 Å². The average Bonchev–Trinajstić information content (AvgIpc) is 3.49. The quantitative estimate of drug-likeness (QED) is 0.131. The topological polar surface area (TPSA) is 110 Å². The zero-order valence-corrected chi connectivity index (χ0v) is 28.6. The first-order chi connectivity index (χ1) is 25.9. The maximum absolute atomic E-state index is 13.7. The summed E-state index contributed by atoms with van der Waals surface area (Å²) in [5.74, 6) is -0.422. The lowest BCUT2D eigenvalue weighted by atomic mass is 9.67. The van der Waals surface area contributed by atoms with Crippen LogP contribution in [0.25, 0.3) is 32.7 Å². The molecular weight excluding hydrogens is 653 g/mol. The molecule has 0 unspecified atom stereocenters. The van der Waals surface area contributed by atoms with Gasteiger partial charge in [-0.15, -0.1) is 0 Å². The van der Waals surface area contributed by atoms with Gasteiger partial charge in [0.25, 0.3) is 11.8 Å². The van der Waals surface area contributed by atoms with Crippen LogP contribution in [0.15, 0.2) is 170 Å². The largest absolute Gasteiger partial charge is 0.399 e. The first-order valence-electron chi connectivity index (χ1n) is 17.5. The summed E-state index contributed by atoms with van der Waals surface area (Å²) in [6.07, 6.45) is 0. The Morgan fingerprint density at radius 3 is 1.28 bits per heavy atom. The number of nitrogen functional groups attached to an aromatic ring is 2. The number of nitrogens with one attached hydrogen (secondary N) is 2. The van der Waals surface area contributed by atoms with Crippen molar-refractivity contribution in [1.29, 1.82) is 0 Å². The Balaban J connectivity index is 1.10. The molecule has 9 rings (SSSR count). The number of carbonyl (C=O) groups is 2. The third-order valence-electron chi connectivity index (χ3n) is 10.4. The maximum atomic E-state index is 13.7. The van der Waals surface area contributed by atoms with Crippen molar-refractivity contribution in [3.05, 3.63) is 203 Å². The first kappa shape index (κ1) is 31.8. The Kier molecular flexibility index (Phi) is 7.52. The number of hydrogen-bond donors (Lipinski definition) is 4. The lowest BCUT2D eigenvalue weighted by Gasteiger charge is -2.34. The molecule has 0 atom stereocenters. The van der Waals surface area contributed by atoms with Crippen molar-refractivity contribution in [2.45, 2.75) is 5.41 Å². The molecule has 0 aromatic heterocycles. The third kappa shape index (κ3) is 5.27. The lowest BCUT2D eigenvalue weighted by Crippen LogP contribution is -2.29. The lowest BCUT2D eigenvalue weighted by molar-refractivity contribution is 0.101. The van der Waals surface area contributed by atoms with Gasteiger partial charge < -0.3 is 22.1 Å². The molecule has 2 amide bonds. The zero-order chi connectivity index (χ0) is 36.1. The SMILES string of the molecule is Nc1ccc2cccc(NC(=O)c3ccc(C4(c5ccc(C(=O)Nc6cccc7ccc(N)cc67)cc5)c5ccccc5-c5ccccc54)cc3)c2c1. The number of nitrogens with two attached hydrogens (primary N) is 2. The normalized spacial score (nSPS) is 12.6. The fourth-order valence-corrected chi connectivity index (χ4v) is 7.95. The highest BCUT2D eigenvalue weighted by Crippen LogP contribution is 2.56. The highest BCUT2D eigenvalue weighted by Gasteiger charge is 2.45. The van der Waals surface area contributed by atoms with Gasteiger partial charge in [0.1, 0.15) is 0 Å². The highest BCUT2D eigenvalue weighted by molar-refractivity contribution is 6.10. The second-order valence-corrected chi connectivity index (χ2v) is 13.5. The number of carbonyl (C=O) groups excluding carboxylic acids is 2. The van der Waals surface area contributed by atoms with Crippen LogP contribution in [0.2, 0.25) is 0 Å². The Morgan fingerprint density at radius 2 is 0.849 bits per heavy atom. The van der Waals surface area contributed by atoms with Gasteiger partial charge in [-0.05, 0) is 105 Å². The molecule has 0 aliphatic heterocycles. The van der Waals surface area contributed by atoms with E-state index in [-0.39, 0.29) is 11.8 Å². The van der Waals surface area contributed by atoms with Crippen LogP contribution < -0.4 is 22.1 Å². The highest BCUT2D eigenvalue weighted by atomic mass is 16.2. The zero-order valence-electron chi connectivity index (χ0n) is 28.6. The van der Waals surface area contributed by atoms with Gasteiger partial charge in [-0.3, -0.25) is 9.59 Å². The predicted octanol–water partition coefficient (Wildman–Crippen LogP) is 10.0. The van der Waals surface area contributed by atoms with E-state index in [1.54, 1.807) is 0 Å². The molecule has 254 valence electrons. The molecule has 0 saturated carbocycles. The van der Waals surface area contributed by atoms with Crippen LogP contribution in [0.5, 0.6) is 0 Å². The summed E-state index contributed by atoms with van der Waals surface area (Å²) in [6.45, 7) is 0. The molecule has 6 nitrogen and oxygen atoms in total. The molecule has 1 aliphatic rings. The van der Waals surface area contributed by atoms with Gasteiger partial charge in [0.15, 0.2) is 0 Å². The van der Waals surface area contributed by atoms with Crippen LogP contribution in [-0.2, 0) is 5.41 Å². The maximum Gasteiger partial charge on any atom is 0.255 e. The van der Waals surface area contributed by atoms with Crippen molar-refractivity contribution in [1.82, 2.24) is 0 Å². The van der Waals surface area contributed by atoms with Gasteiger partial charge >= 0.3 is 0 Å². The summed E-state index contributed by atoms with van der Waals surface area (Å²) in [7, 11) is 0. The van der Waals surface area contributed by atoms with Crippen LogP contribution in [0.1, 0.15) is 43.0 Å². The Labute approximate surface area is 306 Å². The summed E-state index contributed by atoms with van der Waals surface area (Å²) in [4.78, 5) is 27.3. The minimum Gasteiger partial charge on any atom is -0.399 e. The molecule has 53 heavy (non-hydrogen) atoms. The fourth-order valence-electron chi connectivity index (χ4n) is 7.95. The molecular formula is C47H34N4O2. The van der Waals surface area contributed by atoms with Crippen molar-refractivity contribution < 1.29 is 9.59 Å². The number of fused-ring (bicyclic) bond motifs is 5. The minimum atomic E-state index is -0.697. The van der Waals surface area contributed by atoms with Crippen molar-refractivity contribution in [2.75, 3.05) is 22.1 Å². The molecule has 0 saturated heterocycles. The van der Waals surface area contributed by atoms with E-state index < -0.39 is 5.41 Å². The van der Waals surface area contributed by atoms with E-state index in [0.717, 1.165) is 54.9 Å². The summed E-state index contributed by atoms with van der Waals surface area (Å²) in [5, 5.41) is 9.95. The number of anilines is 4. The smallest absolute Gasteiger partial charge is 0.255 e. The Morgan fingerprint density at radius 1 is 0.434 bits per heavy atom. The van der Waals surface area contributed by atoms with Gasteiger partial charge in [-0.1, -0.05) is 109 Å². The van der Waals surface area contributed by atoms with E-state index >= 15 is 0 Å². The van der Waals surface area contributed by atoms with Crippen molar-refractivity contribution >= 4 is 56.1 Å². The van der Waals surface area contributed by atoms with E-state index in [1.165, 1.54) is 0 Å². The number of benzene rings is 8. The molecule has 6 heteroatoms. The van der Waals surface area contributed by atoms with E-state index in [0.29, 0.717) is 33.9 Å². The van der Waals surface area contributed by atoms with Crippen molar-refractivity contribution in [3.63, 3.8) is 0 Å². The van der Waals surface area contributed by atoms with Gasteiger partial charge in [0.05, 0.1) is 5.41 Å². The monoisotopic (exact) mass is 686 g/mol. The Hall–Kier alpha value is -7.18. The van der Waals surface area contributed by atoms with Crippen LogP contribution >= 0.6 is 0 Å². The molecule has 0 heterocycles. The summed E-state index contributed by atoms with van der Waals surface area (Å²) in [6, 6.07) is 55.6. The van der Waals surface area contributed by atoms with Gasteiger partial charge in [-0.2, -0.15) is 0 Å². The summed E-state index contributed by atoms with van der Waals surface area (Å²) < 4.78 is 0. The molecule has 0 fully saturated rings. The number of hydrogen-bond acceptors (Lipinski definition) is 4. The molecule has 0 radical (unpaired) electrons. The van der Waals surface area contributed by atoms with E-state index in [1.807, 2.05) is 121 Å². The molecule has 0 bridgehead atoms. The molecule has 6 N–H and O–H groups in total. The van der Waals surface area contributed by atoms with Crippen LogP contribution in [0.4, 0.5) is 22.7 Å². The van der Waals surface area contributed by atoms with E-state index in [2.05, 4.69) is 59.2 Å². The number of rotatable bonds is 6. The van der Waals surface area contributed by atoms with E-state index in [9.17, 15) is 9.59 Å². The molecule has 0 spiro atoms. The standard InChI is InChI=1S/C47H34N4O2/c48-35-25-19-29-7-5-13-43(39(29)27-35)50-45(52)31-15-21-33(22-16-31)47(41-11-3-1-9-37(41)38-10-2-4-12-42(38)47)34-23-17-32(18-24-34)46(53)51-44-14-6-8-30-20-26-36(49)28-40(30)44/h1-28H,48-49H2,(H,50,52)(H,51,53). The van der Waals surface area contributed by atoms with Crippen LogP contribution in [-0.4, -0.2) is 11.8 Å². The minimum absolute atomic E-state index is 0.211. The van der Waals surface area contributed by atoms with E-state index in [4.69, 9.17) is 11.5 Å². The summed E-state index contributed by atoms with van der Waals surface area (Å²) >= 11 is 0. The number of amides is 2. The average molecular weight is 687 g/mol. The van der Waals surface area contributed by atoms with Crippen molar-refractivity contribution in [3.8, 4) is 11.1 Å². The van der Waals surface area contributed by atoms with Crippen LogP contribution in [0, 0.1) is 0 Å². The third-order valence-corrected chi connectivity index (χ3v) is 10.4. The van der Waals surface area contributed by atoms with Crippen molar-refractivity contribution in [2.24, 2.45) is 0 Å². The summed E-state index contributed by atoms with van der Waals surface area (Å²) in [5.41, 5.74) is 21.8. The predicted molar refractivity (Wildman–Crippen MR) is 216 cm³/mol.